The van der Waals surface area contributed by atoms with Gasteiger partial charge in [-0.25, -0.2) is 5.43 Å². The third-order valence-corrected chi connectivity index (χ3v) is 4.16. The van der Waals surface area contributed by atoms with Crippen LogP contribution >= 0.6 is 0 Å². The number of rotatable bonds is 4. The predicted octanol–water partition coefficient (Wildman–Crippen LogP) is 2.19. The molecule has 0 bridgehead atoms. The minimum atomic E-state index is -0.670. The third kappa shape index (κ3) is 4.20. The van der Waals surface area contributed by atoms with Crippen molar-refractivity contribution in [2.75, 3.05) is 0 Å². The van der Waals surface area contributed by atoms with Crippen molar-refractivity contribution in [3.8, 4) is 17.5 Å². The first-order chi connectivity index (χ1) is 13.9. The minimum Gasteiger partial charge on any atom is -0.508 e. The topological polar surface area (TPSA) is 120 Å². The molecule has 8 heteroatoms. The van der Waals surface area contributed by atoms with Crippen molar-refractivity contribution in [3.05, 3.63) is 86.8 Å². The number of aromatic nitrogens is 2. The fourth-order valence-corrected chi connectivity index (χ4v) is 2.71. The van der Waals surface area contributed by atoms with E-state index in [0.717, 1.165) is 10.2 Å². The molecule has 0 aliphatic rings. The van der Waals surface area contributed by atoms with Gasteiger partial charge in [0.1, 0.15) is 17.4 Å². The third-order valence-electron chi connectivity index (χ3n) is 4.16. The molecule has 0 atom stereocenters. The maximum absolute atomic E-state index is 12.6. The van der Waals surface area contributed by atoms with Crippen LogP contribution in [0.25, 0.3) is 5.69 Å². The van der Waals surface area contributed by atoms with Crippen molar-refractivity contribution in [2.24, 2.45) is 5.10 Å². The number of phenolic OH excluding ortho intramolecular Hbond substituents is 1. The van der Waals surface area contributed by atoms with Crippen molar-refractivity contribution in [3.63, 3.8) is 0 Å². The van der Waals surface area contributed by atoms with E-state index in [1.807, 2.05) is 19.1 Å². The Balaban J connectivity index is 1.98. The van der Waals surface area contributed by atoms with E-state index in [1.54, 1.807) is 30.3 Å². The van der Waals surface area contributed by atoms with E-state index in [9.17, 15) is 20.0 Å². The van der Waals surface area contributed by atoms with E-state index in [4.69, 9.17) is 0 Å². The molecule has 0 saturated heterocycles. The average molecular weight is 387 g/mol. The van der Waals surface area contributed by atoms with E-state index < -0.39 is 11.5 Å². The number of aryl methyl sites for hydroxylation is 1. The Bertz CT molecular complexity index is 1220. The summed E-state index contributed by atoms with van der Waals surface area (Å²) in [7, 11) is 0. The van der Waals surface area contributed by atoms with Crippen molar-refractivity contribution in [1.29, 1.82) is 5.26 Å². The highest BCUT2D eigenvalue weighted by atomic mass is 16.3. The molecule has 0 spiro atoms. The molecule has 1 aromatic heterocycles. The predicted molar refractivity (Wildman–Crippen MR) is 107 cm³/mol. The van der Waals surface area contributed by atoms with E-state index in [2.05, 4.69) is 15.6 Å². The Morgan fingerprint density at radius 2 is 2.00 bits per heavy atom. The molecular formula is C21H17N5O3. The maximum Gasteiger partial charge on any atom is 0.292 e. The smallest absolute Gasteiger partial charge is 0.292 e. The molecule has 8 nitrogen and oxygen atoms in total. The average Bonchev–Trinajstić information content (AvgIpc) is 2.68. The van der Waals surface area contributed by atoms with E-state index >= 15 is 0 Å². The number of nitrogens with one attached hydrogen (secondary N) is 1. The molecular weight excluding hydrogens is 370 g/mol. The number of carbonyl (C=O) groups excluding carboxylic acids is 1. The fourth-order valence-electron chi connectivity index (χ4n) is 2.71. The molecule has 2 aromatic carbocycles. The van der Waals surface area contributed by atoms with Crippen molar-refractivity contribution >= 4 is 12.1 Å². The fraction of sp³-hybridized carbons (Fsp3) is 0.0952. The van der Waals surface area contributed by atoms with E-state index in [0.29, 0.717) is 11.3 Å². The van der Waals surface area contributed by atoms with Crippen LogP contribution in [0.15, 0.2) is 58.4 Å². The lowest BCUT2D eigenvalue weighted by Crippen LogP contribution is -2.31. The second-order valence-corrected chi connectivity index (χ2v) is 6.31. The largest absolute Gasteiger partial charge is 0.508 e. The maximum atomic E-state index is 12.6. The number of benzene rings is 2. The molecule has 3 aromatic rings. The molecule has 0 unspecified atom stereocenters. The SMILES string of the molecule is Cc1cccc(-n2nc(C(=O)N/N=C/c3cccc(O)c3)c(C)c(C#N)c2=O)c1. The Morgan fingerprint density at radius 3 is 2.69 bits per heavy atom. The van der Waals surface area contributed by atoms with Crippen LogP contribution in [0.5, 0.6) is 5.75 Å². The summed E-state index contributed by atoms with van der Waals surface area (Å²) >= 11 is 0. The molecule has 1 amide bonds. The zero-order valence-corrected chi connectivity index (χ0v) is 15.7. The Labute approximate surface area is 166 Å². The lowest BCUT2D eigenvalue weighted by molar-refractivity contribution is 0.0947. The number of carbonyl (C=O) groups is 1. The van der Waals surface area contributed by atoms with Gasteiger partial charge >= 0.3 is 0 Å². The summed E-state index contributed by atoms with van der Waals surface area (Å²) in [5.41, 5.74) is 3.58. The molecule has 144 valence electrons. The number of nitrogens with zero attached hydrogens (tertiary/aromatic N) is 4. The quantitative estimate of drug-likeness (QED) is 0.525. The number of hydrazone groups is 1. The molecule has 0 radical (unpaired) electrons. The molecule has 0 aliphatic carbocycles. The number of phenols is 1. The van der Waals surface area contributed by atoms with Crippen LogP contribution in [-0.2, 0) is 0 Å². The monoisotopic (exact) mass is 387 g/mol. The summed E-state index contributed by atoms with van der Waals surface area (Å²) in [6.07, 6.45) is 1.36. The van der Waals surface area contributed by atoms with Gasteiger partial charge in [0.2, 0.25) is 0 Å². The van der Waals surface area contributed by atoms with Crippen molar-refractivity contribution < 1.29 is 9.90 Å². The lowest BCUT2D eigenvalue weighted by Gasteiger charge is -2.11. The Morgan fingerprint density at radius 1 is 1.24 bits per heavy atom. The van der Waals surface area contributed by atoms with E-state index in [-0.39, 0.29) is 22.6 Å². The number of hydrogen-bond donors (Lipinski definition) is 2. The first-order valence-electron chi connectivity index (χ1n) is 8.64. The summed E-state index contributed by atoms with van der Waals surface area (Å²) in [4.78, 5) is 25.2. The van der Waals surface area contributed by atoms with Crippen molar-refractivity contribution in [2.45, 2.75) is 13.8 Å². The van der Waals surface area contributed by atoms with Crippen molar-refractivity contribution in [1.82, 2.24) is 15.2 Å². The molecule has 1 heterocycles. The number of nitriles is 1. The van der Waals surface area contributed by atoms with Crippen LogP contribution in [0.1, 0.15) is 32.7 Å². The molecule has 0 aliphatic heterocycles. The van der Waals surface area contributed by atoms with Gasteiger partial charge in [-0.15, -0.1) is 0 Å². The molecule has 29 heavy (non-hydrogen) atoms. The summed E-state index contributed by atoms with van der Waals surface area (Å²) < 4.78 is 1.03. The van der Waals surface area contributed by atoms with Gasteiger partial charge in [0, 0.05) is 5.56 Å². The van der Waals surface area contributed by atoms with E-state index in [1.165, 1.54) is 25.3 Å². The lowest BCUT2D eigenvalue weighted by atomic mass is 10.1. The Kier molecular flexibility index (Phi) is 5.51. The second-order valence-electron chi connectivity index (χ2n) is 6.31. The van der Waals surface area contributed by atoms with Gasteiger partial charge in [0.15, 0.2) is 5.69 Å². The van der Waals surface area contributed by atoms with Gasteiger partial charge in [0.05, 0.1) is 11.9 Å². The van der Waals surface area contributed by atoms with Gasteiger partial charge in [-0.1, -0.05) is 24.3 Å². The van der Waals surface area contributed by atoms with Crippen LogP contribution in [-0.4, -0.2) is 27.0 Å². The van der Waals surface area contributed by atoms with Crippen LogP contribution in [0, 0.1) is 25.2 Å². The minimum absolute atomic E-state index is 0.0710. The molecule has 0 saturated carbocycles. The number of hydrogen-bond acceptors (Lipinski definition) is 6. The van der Waals surface area contributed by atoms with Crippen LogP contribution in [0.4, 0.5) is 0 Å². The van der Waals surface area contributed by atoms with Crippen LogP contribution in [0.3, 0.4) is 0 Å². The Hall–Kier alpha value is -4.25. The first kappa shape index (κ1) is 19.5. The normalized spacial score (nSPS) is 10.7. The van der Waals surface area contributed by atoms with Gasteiger partial charge in [-0.05, 0) is 49.2 Å². The first-order valence-corrected chi connectivity index (χ1v) is 8.64. The van der Waals surface area contributed by atoms with Gasteiger partial charge < -0.3 is 5.11 Å². The summed E-state index contributed by atoms with van der Waals surface area (Å²) in [6.45, 7) is 3.35. The zero-order valence-electron chi connectivity index (χ0n) is 15.7. The molecule has 2 N–H and O–H groups in total. The van der Waals surface area contributed by atoms with Gasteiger partial charge in [0.25, 0.3) is 11.5 Å². The zero-order chi connectivity index (χ0) is 21.0. The second kappa shape index (κ2) is 8.19. The number of amides is 1. The summed E-state index contributed by atoms with van der Waals surface area (Å²) in [6, 6.07) is 15.2. The highest BCUT2D eigenvalue weighted by molar-refractivity contribution is 5.94. The van der Waals surface area contributed by atoms with Gasteiger partial charge in [-0.3, -0.25) is 9.59 Å². The van der Waals surface area contributed by atoms with Crippen LogP contribution in [0.2, 0.25) is 0 Å². The summed E-state index contributed by atoms with van der Waals surface area (Å²) in [5, 5.41) is 26.9. The summed E-state index contributed by atoms with van der Waals surface area (Å²) in [5.74, 6) is -0.599. The van der Waals surface area contributed by atoms with Gasteiger partial charge in [-0.2, -0.15) is 20.1 Å². The highest BCUT2D eigenvalue weighted by Gasteiger charge is 2.20. The van der Waals surface area contributed by atoms with Crippen LogP contribution < -0.4 is 11.0 Å². The highest BCUT2D eigenvalue weighted by Crippen LogP contribution is 2.12. The molecule has 0 fully saturated rings. The number of aromatic hydroxyl groups is 1. The standard InChI is InChI=1S/C21H17N5O3/c1-13-5-3-7-16(9-13)26-21(29)18(11-22)14(2)19(25-26)20(28)24-23-12-15-6-4-8-17(27)10-15/h3-10,12,27H,1-2H3,(H,24,28)/b23-12+. The molecule has 3 rings (SSSR count).